The molecule has 1 heterocycles. The fraction of sp³-hybridized carbons (Fsp3) is 0.600. The molecule has 0 aliphatic carbocycles. The first-order chi connectivity index (χ1) is 11.5. The highest BCUT2D eigenvalue weighted by molar-refractivity contribution is 5.99. The van der Waals surface area contributed by atoms with Gasteiger partial charge in [-0.05, 0) is 32.3 Å². The maximum absolute atomic E-state index is 12.5. The lowest BCUT2D eigenvalue weighted by molar-refractivity contribution is -0.137. The maximum Gasteiger partial charge on any atom is 0.225 e. The summed E-state index contributed by atoms with van der Waals surface area (Å²) in [7, 11) is 0. The van der Waals surface area contributed by atoms with Gasteiger partial charge in [-0.2, -0.15) is 0 Å². The van der Waals surface area contributed by atoms with Crippen LogP contribution in [0.3, 0.4) is 0 Å². The molecular weight excluding hydrogens is 300 g/mol. The smallest absolute Gasteiger partial charge is 0.225 e. The number of Topliss-reactive ketones (excluding diaryl/α,β-unsaturated/α-hetero) is 1. The third kappa shape index (κ3) is 4.44. The Labute approximate surface area is 145 Å². The molecule has 2 rings (SSSR count). The fourth-order valence-corrected chi connectivity index (χ4v) is 3.44. The van der Waals surface area contributed by atoms with E-state index in [1.54, 1.807) is 0 Å². The van der Waals surface area contributed by atoms with Gasteiger partial charge in [0.05, 0.1) is 6.54 Å². The average Bonchev–Trinajstić information content (AvgIpc) is 2.56. The van der Waals surface area contributed by atoms with Crippen molar-refractivity contribution < 1.29 is 9.59 Å². The molecule has 0 atom stereocenters. The van der Waals surface area contributed by atoms with Gasteiger partial charge in [0, 0.05) is 37.7 Å². The molecule has 0 unspecified atom stereocenters. The Kier molecular flexibility index (Phi) is 6.55. The Morgan fingerprint density at radius 3 is 2.21 bits per heavy atom. The minimum atomic E-state index is 0.147. The quantitative estimate of drug-likeness (QED) is 0.753. The standard InChI is InChI=1S/C20H30N2O2/c1-5-17(6-2)20(24)22-11-9-21(10-12-22)14-19(23)18-8-7-15(3)13-16(18)4/h7-8,13,17H,5-6,9-12,14H2,1-4H3. The molecule has 0 N–H and O–H groups in total. The van der Waals surface area contributed by atoms with Crippen molar-refractivity contribution in [1.82, 2.24) is 9.80 Å². The van der Waals surface area contributed by atoms with E-state index in [1.165, 1.54) is 5.56 Å². The summed E-state index contributed by atoms with van der Waals surface area (Å²) < 4.78 is 0. The molecule has 24 heavy (non-hydrogen) atoms. The average molecular weight is 330 g/mol. The predicted molar refractivity (Wildman–Crippen MR) is 97.3 cm³/mol. The number of carbonyl (C=O) groups is 2. The van der Waals surface area contributed by atoms with E-state index in [4.69, 9.17) is 0 Å². The van der Waals surface area contributed by atoms with Crippen molar-refractivity contribution in [3.63, 3.8) is 0 Å². The third-order valence-electron chi connectivity index (χ3n) is 5.07. The van der Waals surface area contributed by atoms with Gasteiger partial charge in [-0.25, -0.2) is 0 Å². The highest BCUT2D eigenvalue weighted by Crippen LogP contribution is 2.15. The second-order valence-electron chi connectivity index (χ2n) is 6.86. The molecule has 1 fully saturated rings. The van der Waals surface area contributed by atoms with Crippen molar-refractivity contribution >= 4 is 11.7 Å². The van der Waals surface area contributed by atoms with E-state index in [0.717, 1.165) is 50.1 Å². The number of hydrogen-bond donors (Lipinski definition) is 0. The van der Waals surface area contributed by atoms with Crippen LogP contribution in [0.4, 0.5) is 0 Å². The molecule has 0 radical (unpaired) electrons. The van der Waals surface area contributed by atoms with Gasteiger partial charge in [0.15, 0.2) is 5.78 Å². The van der Waals surface area contributed by atoms with Crippen LogP contribution in [0.25, 0.3) is 0 Å². The SMILES string of the molecule is CCC(CC)C(=O)N1CCN(CC(=O)c2ccc(C)cc2C)CC1. The summed E-state index contributed by atoms with van der Waals surface area (Å²) in [5.74, 6) is 0.598. The summed E-state index contributed by atoms with van der Waals surface area (Å²) in [5.41, 5.74) is 3.04. The Balaban J connectivity index is 1.89. The molecule has 0 bridgehead atoms. The predicted octanol–water partition coefficient (Wildman–Crippen LogP) is 3.07. The molecule has 1 amide bonds. The molecule has 0 spiro atoms. The maximum atomic E-state index is 12.5. The molecule has 1 aromatic rings. The Morgan fingerprint density at radius 1 is 1.04 bits per heavy atom. The van der Waals surface area contributed by atoms with Gasteiger partial charge in [0.2, 0.25) is 5.91 Å². The lowest BCUT2D eigenvalue weighted by Crippen LogP contribution is -2.51. The van der Waals surface area contributed by atoms with Gasteiger partial charge in [-0.1, -0.05) is 37.6 Å². The van der Waals surface area contributed by atoms with Gasteiger partial charge < -0.3 is 4.90 Å². The molecule has 4 nitrogen and oxygen atoms in total. The van der Waals surface area contributed by atoms with Crippen LogP contribution in [0, 0.1) is 19.8 Å². The van der Waals surface area contributed by atoms with Crippen molar-refractivity contribution in [2.24, 2.45) is 5.92 Å². The van der Waals surface area contributed by atoms with Gasteiger partial charge in [0.1, 0.15) is 0 Å². The highest BCUT2D eigenvalue weighted by atomic mass is 16.2. The second kappa shape index (κ2) is 8.43. The first kappa shape index (κ1) is 18.7. The van der Waals surface area contributed by atoms with Crippen LogP contribution >= 0.6 is 0 Å². The minimum Gasteiger partial charge on any atom is -0.340 e. The number of piperazine rings is 1. The number of carbonyl (C=O) groups excluding carboxylic acids is 2. The van der Waals surface area contributed by atoms with E-state index in [9.17, 15) is 9.59 Å². The molecule has 4 heteroatoms. The van der Waals surface area contributed by atoms with Crippen LogP contribution in [-0.4, -0.2) is 54.2 Å². The van der Waals surface area contributed by atoms with Crippen LogP contribution in [0.1, 0.15) is 48.2 Å². The minimum absolute atomic E-state index is 0.147. The molecule has 1 aliphatic heterocycles. The largest absolute Gasteiger partial charge is 0.340 e. The molecule has 0 saturated carbocycles. The van der Waals surface area contributed by atoms with Crippen molar-refractivity contribution in [1.29, 1.82) is 0 Å². The van der Waals surface area contributed by atoms with Crippen molar-refractivity contribution in [3.05, 3.63) is 34.9 Å². The number of hydrogen-bond acceptors (Lipinski definition) is 3. The summed E-state index contributed by atoms with van der Waals surface area (Å²) in [5, 5.41) is 0. The number of ketones is 1. The van der Waals surface area contributed by atoms with E-state index >= 15 is 0 Å². The molecule has 1 aliphatic rings. The Bertz CT molecular complexity index is 585. The van der Waals surface area contributed by atoms with Crippen molar-refractivity contribution in [2.45, 2.75) is 40.5 Å². The number of aryl methyl sites for hydroxylation is 2. The van der Waals surface area contributed by atoms with Gasteiger partial charge in [0.25, 0.3) is 0 Å². The molecule has 132 valence electrons. The van der Waals surface area contributed by atoms with Crippen molar-refractivity contribution in [3.8, 4) is 0 Å². The van der Waals surface area contributed by atoms with Gasteiger partial charge in [-0.15, -0.1) is 0 Å². The zero-order valence-corrected chi connectivity index (χ0v) is 15.5. The Hall–Kier alpha value is -1.68. The summed E-state index contributed by atoms with van der Waals surface area (Å²) in [6.07, 6.45) is 1.81. The number of benzene rings is 1. The number of nitrogens with zero attached hydrogens (tertiary/aromatic N) is 2. The summed E-state index contributed by atoms with van der Waals surface area (Å²) >= 11 is 0. The third-order valence-corrected chi connectivity index (χ3v) is 5.07. The van der Waals surface area contributed by atoms with Gasteiger partial charge in [-0.3, -0.25) is 14.5 Å². The monoisotopic (exact) mass is 330 g/mol. The Morgan fingerprint density at radius 2 is 1.67 bits per heavy atom. The zero-order valence-electron chi connectivity index (χ0n) is 15.5. The van der Waals surface area contributed by atoms with E-state index < -0.39 is 0 Å². The molecule has 1 aromatic carbocycles. The molecule has 1 saturated heterocycles. The van der Waals surface area contributed by atoms with Crippen LogP contribution in [-0.2, 0) is 4.79 Å². The second-order valence-corrected chi connectivity index (χ2v) is 6.86. The molecule has 0 aromatic heterocycles. The lowest BCUT2D eigenvalue weighted by atomic mass is 10.0. The fourth-order valence-electron chi connectivity index (χ4n) is 3.44. The van der Waals surface area contributed by atoms with E-state index in [0.29, 0.717) is 6.54 Å². The first-order valence-electron chi connectivity index (χ1n) is 9.07. The van der Waals surface area contributed by atoms with E-state index in [2.05, 4.69) is 24.8 Å². The molecular formula is C20H30N2O2. The van der Waals surface area contributed by atoms with Crippen LogP contribution in [0.2, 0.25) is 0 Å². The van der Waals surface area contributed by atoms with E-state index in [1.807, 2.05) is 30.9 Å². The van der Waals surface area contributed by atoms with Crippen LogP contribution in [0.15, 0.2) is 18.2 Å². The zero-order chi connectivity index (χ0) is 17.7. The lowest BCUT2D eigenvalue weighted by Gasteiger charge is -2.36. The first-order valence-corrected chi connectivity index (χ1v) is 9.07. The van der Waals surface area contributed by atoms with Crippen molar-refractivity contribution in [2.75, 3.05) is 32.7 Å². The normalized spacial score (nSPS) is 15.8. The summed E-state index contributed by atoms with van der Waals surface area (Å²) in [6, 6.07) is 5.98. The summed E-state index contributed by atoms with van der Waals surface area (Å²) in [4.78, 5) is 29.1. The van der Waals surface area contributed by atoms with Gasteiger partial charge >= 0.3 is 0 Å². The summed E-state index contributed by atoms with van der Waals surface area (Å²) in [6.45, 7) is 11.6. The van der Waals surface area contributed by atoms with E-state index in [-0.39, 0.29) is 17.6 Å². The highest BCUT2D eigenvalue weighted by Gasteiger charge is 2.26. The topological polar surface area (TPSA) is 40.6 Å². The van der Waals surface area contributed by atoms with Crippen LogP contribution < -0.4 is 0 Å². The van der Waals surface area contributed by atoms with Crippen LogP contribution in [0.5, 0.6) is 0 Å². The number of amides is 1. The number of rotatable bonds is 6.